The summed E-state index contributed by atoms with van der Waals surface area (Å²) in [5, 5.41) is 2.53. The van der Waals surface area contributed by atoms with Gasteiger partial charge >= 0.3 is 0 Å². The fourth-order valence-electron chi connectivity index (χ4n) is 1.01. The molecule has 2 amide bonds. The molecule has 0 unspecified atom stereocenters. The number of primary amides is 1. The predicted molar refractivity (Wildman–Crippen MR) is 54.2 cm³/mol. The number of hydrogen-bond acceptors (Lipinski definition) is 3. The molecule has 0 aliphatic carbocycles. The van der Waals surface area contributed by atoms with Crippen LogP contribution >= 0.6 is 0 Å². The quantitative estimate of drug-likeness (QED) is 0.551. The molecule has 0 heterocycles. The maximum absolute atomic E-state index is 11.2. The average molecular weight is 201 g/mol. The normalized spacial score (nSPS) is 16.9. The summed E-state index contributed by atoms with van der Waals surface area (Å²) in [6, 6.07) is -1.25. The zero-order valence-electron chi connectivity index (χ0n) is 8.91. The van der Waals surface area contributed by atoms with Crippen LogP contribution in [0.1, 0.15) is 27.2 Å². The second-order valence-corrected chi connectivity index (χ2v) is 3.56. The topological polar surface area (TPSA) is 98.2 Å². The highest BCUT2D eigenvalue weighted by Crippen LogP contribution is 2.07. The first-order valence-corrected chi connectivity index (χ1v) is 4.75. The summed E-state index contributed by atoms with van der Waals surface area (Å²) in [5.74, 6) is -0.849. The number of carbonyl (C=O) groups excluding carboxylic acids is 2. The van der Waals surface area contributed by atoms with Gasteiger partial charge in [0.25, 0.3) is 0 Å². The first-order valence-electron chi connectivity index (χ1n) is 4.75. The fraction of sp³-hybridized carbons (Fsp3) is 0.778. The van der Waals surface area contributed by atoms with Crippen molar-refractivity contribution >= 4 is 11.8 Å². The lowest BCUT2D eigenvalue weighted by Gasteiger charge is -2.21. The summed E-state index contributed by atoms with van der Waals surface area (Å²) >= 11 is 0. The van der Waals surface area contributed by atoms with E-state index in [4.69, 9.17) is 11.5 Å². The molecule has 0 aromatic heterocycles. The lowest BCUT2D eigenvalue weighted by Crippen LogP contribution is -2.52. The molecule has 0 aromatic carbocycles. The van der Waals surface area contributed by atoms with Crippen LogP contribution in [0, 0.1) is 5.92 Å². The molecule has 0 fully saturated rings. The summed E-state index contributed by atoms with van der Waals surface area (Å²) in [7, 11) is 0. The third-order valence-electron chi connectivity index (χ3n) is 2.23. The first-order chi connectivity index (χ1) is 6.40. The summed E-state index contributed by atoms with van der Waals surface area (Å²) in [6.07, 6.45) is 0.771. The largest absolute Gasteiger partial charge is 0.368 e. The van der Waals surface area contributed by atoms with E-state index in [9.17, 15) is 9.59 Å². The van der Waals surface area contributed by atoms with Crippen LogP contribution in [0.3, 0.4) is 0 Å². The second-order valence-electron chi connectivity index (χ2n) is 3.56. The van der Waals surface area contributed by atoms with E-state index in [-0.39, 0.29) is 11.8 Å². The van der Waals surface area contributed by atoms with Crippen LogP contribution in [0.25, 0.3) is 0 Å². The monoisotopic (exact) mass is 201 g/mol. The smallest absolute Gasteiger partial charge is 0.240 e. The van der Waals surface area contributed by atoms with Gasteiger partial charge in [0.2, 0.25) is 11.8 Å². The van der Waals surface area contributed by atoms with E-state index in [0.29, 0.717) is 0 Å². The molecule has 82 valence electrons. The van der Waals surface area contributed by atoms with E-state index in [1.54, 1.807) is 6.92 Å². The van der Waals surface area contributed by atoms with Gasteiger partial charge in [0, 0.05) is 0 Å². The van der Waals surface area contributed by atoms with Gasteiger partial charge < -0.3 is 16.8 Å². The van der Waals surface area contributed by atoms with Crippen molar-refractivity contribution in [2.24, 2.45) is 17.4 Å². The molecule has 14 heavy (non-hydrogen) atoms. The van der Waals surface area contributed by atoms with Crippen LogP contribution in [-0.2, 0) is 9.59 Å². The van der Waals surface area contributed by atoms with Crippen LogP contribution < -0.4 is 16.8 Å². The molecular weight excluding hydrogens is 182 g/mol. The molecular formula is C9H19N3O2. The van der Waals surface area contributed by atoms with Gasteiger partial charge in [-0.05, 0) is 12.8 Å². The van der Waals surface area contributed by atoms with Crippen LogP contribution in [0.15, 0.2) is 0 Å². The minimum Gasteiger partial charge on any atom is -0.368 e. The number of carbonyl (C=O) groups is 2. The molecule has 0 saturated carbocycles. The number of amides is 2. The number of hydrogen-bond donors (Lipinski definition) is 3. The Labute approximate surface area is 84.2 Å². The summed E-state index contributed by atoms with van der Waals surface area (Å²) in [4.78, 5) is 22.3. The van der Waals surface area contributed by atoms with Crippen molar-refractivity contribution in [3.8, 4) is 0 Å². The van der Waals surface area contributed by atoms with Gasteiger partial charge in [-0.25, -0.2) is 0 Å². The standard InChI is InChI=1S/C9H19N3O2/c1-4-5(2)7(8(11)13)12-9(14)6(3)10/h5-7H,4,10H2,1-3H3,(H2,11,13)(H,12,14)/t5-,6-,7-/m1/s1. The van der Waals surface area contributed by atoms with Crippen molar-refractivity contribution in [2.45, 2.75) is 39.3 Å². The molecule has 0 saturated heterocycles. The van der Waals surface area contributed by atoms with Gasteiger partial charge in [-0.15, -0.1) is 0 Å². The number of nitrogens with two attached hydrogens (primary N) is 2. The van der Waals surface area contributed by atoms with Crippen molar-refractivity contribution in [3.63, 3.8) is 0 Å². The Morgan fingerprint density at radius 3 is 2.14 bits per heavy atom. The highest BCUT2D eigenvalue weighted by atomic mass is 16.2. The van der Waals surface area contributed by atoms with Crippen LogP contribution in [-0.4, -0.2) is 23.9 Å². The maximum atomic E-state index is 11.2. The Morgan fingerprint density at radius 1 is 1.36 bits per heavy atom. The van der Waals surface area contributed by atoms with Gasteiger partial charge in [-0.1, -0.05) is 20.3 Å². The van der Waals surface area contributed by atoms with E-state index in [0.717, 1.165) is 6.42 Å². The highest BCUT2D eigenvalue weighted by molar-refractivity contribution is 5.88. The lowest BCUT2D eigenvalue weighted by atomic mass is 9.98. The Hall–Kier alpha value is -1.10. The van der Waals surface area contributed by atoms with Crippen LogP contribution in [0.4, 0.5) is 0 Å². The van der Waals surface area contributed by atoms with E-state index < -0.39 is 18.0 Å². The Balaban J connectivity index is 4.38. The molecule has 5 heteroatoms. The molecule has 0 bridgehead atoms. The molecule has 0 radical (unpaired) electrons. The molecule has 5 nitrogen and oxygen atoms in total. The minimum atomic E-state index is -0.626. The van der Waals surface area contributed by atoms with Gasteiger partial charge in [-0.2, -0.15) is 0 Å². The average Bonchev–Trinajstić information content (AvgIpc) is 2.11. The Bertz CT molecular complexity index is 216. The highest BCUT2D eigenvalue weighted by Gasteiger charge is 2.24. The van der Waals surface area contributed by atoms with Crippen molar-refractivity contribution in [1.82, 2.24) is 5.32 Å². The number of nitrogens with one attached hydrogen (secondary N) is 1. The maximum Gasteiger partial charge on any atom is 0.240 e. The SMILES string of the molecule is CC[C@@H](C)[C@@H](NC(=O)[C@@H](C)N)C(N)=O. The Morgan fingerprint density at radius 2 is 1.86 bits per heavy atom. The minimum absolute atomic E-state index is 0.0233. The molecule has 0 aromatic rings. The van der Waals surface area contributed by atoms with Crippen molar-refractivity contribution in [1.29, 1.82) is 0 Å². The van der Waals surface area contributed by atoms with Crippen LogP contribution in [0.2, 0.25) is 0 Å². The number of rotatable bonds is 5. The van der Waals surface area contributed by atoms with E-state index in [1.165, 1.54) is 0 Å². The first kappa shape index (κ1) is 12.9. The summed E-state index contributed by atoms with van der Waals surface area (Å²) in [6.45, 7) is 5.35. The second kappa shape index (κ2) is 5.59. The molecule has 0 spiro atoms. The third-order valence-corrected chi connectivity index (χ3v) is 2.23. The van der Waals surface area contributed by atoms with Gasteiger partial charge in [0.1, 0.15) is 6.04 Å². The van der Waals surface area contributed by atoms with Crippen molar-refractivity contribution in [3.05, 3.63) is 0 Å². The Kier molecular flexibility index (Phi) is 5.15. The molecule has 0 aliphatic rings. The van der Waals surface area contributed by atoms with E-state index in [2.05, 4.69) is 5.32 Å². The van der Waals surface area contributed by atoms with Crippen molar-refractivity contribution in [2.75, 3.05) is 0 Å². The molecule has 5 N–H and O–H groups in total. The van der Waals surface area contributed by atoms with Crippen LogP contribution in [0.5, 0.6) is 0 Å². The lowest BCUT2D eigenvalue weighted by molar-refractivity contribution is -0.129. The zero-order valence-corrected chi connectivity index (χ0v) is 8.91. The third kappa shape index (κ3) is 3.74. The molecule has 0 aliphatic heterocycles. The molecule has 3 atom stereocenters. The summed E-state index contributed by atoms with van der Waals surface area (Å²) < 4.78 is 0. The van der Waals surface area contributed by atoms with E-state index >= 15 is 0 Å². The zero-order chi connectivity index (χ0) is 11.3. The predicted octanol–water partition coefficient (Wildman–Crippen LogP) is -0.650. The summed E-state index contributed by atoms with van der Waals surface area (Å²) in [5.41, 5.74) is 10.5. The van der Waals surface area contributed by atoms with E-state index in [1.807, 2.05) is 13.8 Å². The molecule has 0 rings (SSSR count). The van der Waals surface area contributed by atoms with Crippen molar-refractivity contribution < 1.29 is 9.59 Å². The fourth-order valence-corrected chi connectivity index (χ4v) is 1.01. The van der Waals surface area contributed by atoms with Gasteiger partial charge in [0.05, 0.1) is 6.04 Å². The van der Waals surface area contributed by atoms with Gasteiger partial charge in [0.15, 0.2) is 0 Å². The van der Waals surface area contributed by atoms with Gasteiger partial charge in [-0.3, -0.25) is 9.59 Å².